The number of nitrogens with zero attached hydrogens (tertiary/aromatic N) is 3. The van der Waals surface area contributed by atoms with Gasteiger partial charge in [0.25, 0.3) is 0 Å². The van der Waals surface area contributed by atoms with Crippen molar-refractivity contribution in [1.29, 1.82) is 0 Å². The van der Waals surface area contributed by atoms with Crippen LogP contribution in [0.4, 0.5) is 20.2 Å². The maximum atomic E-state index is 13.6. The Morgan fingerprint density at radius 1 is 0.806 bits per heavy atom. The van der Waals surface area contributed by atoms with E-state index in [4.69, 9.17) is 0 Å². The van der Waals surface area contributed by atoms with Crippen molar-refractivity contribution in [2.24, 2.45) is 0 Å². The second-order valence-corrected chi connectivity index (χ2v) is 9.24. The summed E-state index contributed by atoms with van der Waals surface area (Å²) in [6.07, 6.45) is 0. The van der Waals surface area contributed by atoms with Gasteiger partial charge in [0.15, 0.2) is 0 Å². The van der Waals surface area contributed by atoms with Gasteiger partial charge in [0.05, 0.1) is 23.5 Å². The molecule has 0 aliphatic carbocycles. The molecule has 1 N–H and O–H groups in total. The Hall–Kier alpha value is -3.62. The molecule has 3 aromatic rings. The molecule has 3 aromatic carbocycles. The van der Waals surface area contributed by atoms with Crippen molar-refractivity contribution in [2.45, 2.75) is 19.0 Å². The van der Waals surface area contributed by atoms with Crippen LogP contribution in [0.2, 0.25) is 0 Å². The highest BCUT2D eigenvalue weighted by atomic mass is 19.1. The van der Waals surface area contributed by atoms with Gasteiger partial charge in [0.2, 0.25) is 11.8 Å². The lowest BCUT2D eigenvalue weighted by molar-refractivity contribution is -0.126. The third kappa shape index (κ3) is 4.87. The van der Waals surface area contributed by atoms with E-state index < -0.39 is 6.04 Å². The van der Waals surface area contributed by atoms with E-state index in [0.29, 0.717) is 37.6 Å². The molecule has 36 heavy (non-hydrogen) atoms. The SMILES string of the molecule is CC(C(=O)N1CC(=O)Nc2ccccc21)N1CCN(C(c2ccc(F)cc2)c2ccc(F)cc2)CC1. The number of carbonyl (C=O) groups excluding carboxylic acids is 2. The van der Waals surface area contributed by atoms with Gasteiger partial charge in [-0.05, 0) is 54.4 Å². The van der Waals surface area contributed by atoms with Crippen LogP contribution in [0.5, 0.6) is 0 Å². The number of anilines is 2. The van der Waals surface area contributed by atoms with Crippen LogP contribution in [0.3, 0.4) is 0 Å². The van der Waals surface area contributed by atoms with Crippen LogP contribution in [-0.2, 0) is 9.59 Å². The average Bonchev–Trinajstić information content (AvgIpc) is 2.90. The molecule has 0 radical (unpaired) electrons. The van der Waals surface area contributed by atoms with Gasteiger partial charge in [0, 0.05) is 26.2 Å². The Morgan fingerprint density at radius 2 is 1.33 bits per heavy atom. The average molecular weight is 491 g/mol. The second kappa shape index (κ2) is 10.2. The summed E-state index contributed by atoms with van der Waals surface area (Å²) < 4.78 is 27.2. The smallest absolute Gasteiger partial charge is 0.244 e. The van der Waals surface area contributed by atoms with Crippen LogP contribution in [0.25, 0.3) is 0 Å². The van der Waals surface area contributed by atoms with Crippen LogP contribution < -0.4 is 10.2 Å². The van der Waals surface area contributed by atoms with Gasteiger partial charge in [-0.3, -0.25) is 24.3 Å². The molecule has 2 amide bonds. The zero-order valence-corrected chi connectivity index (χ0v) is 20.0. The summed E-state index contributed by atoms with van der Waals surface area (Å²) in [5.74, 6) is -0.927. The molecule has 0 bridgehead atoms. The first kappa shape index (κ1) is 24.1. The number of amides is 2. The van der Waals surface area contributed by atoms with Crippen LogP contribution in [0.1, 0.15) is 24.1 Å². The molecule has 1 unspecified atom stereocenters. The van der Waals surface area contributed by atoms with Gasteiger partial charge in [-0.25, -0.2) is 8.78 Å². The van der Waals surface area contributed by atoms with Crippen molar-refractivity contribution in [2.75, 3.05) is 42.9 Å². The third-order valence-electron chi connectivity index (χ3n) is 7.03. The lowest BCUT2D eigenvalue weighted by Crippen LogP contribution is -2.56. The van der Waals surface area contributed by atoms with Crippen LogP contribution >= 0.6 is 0 Å². The molecule has 0 aromatic heterocycles. The molecule has 1 saturated heterocycles. The molecule has 6 nitrogen and oxygen atoms in total. The lowest BCUT2D eigenvalue weighted by atomic mass is 9.96. The molecule has 2 aliphatic heterocycles. The highest BCUT2D eigenvalue weighted by Gasteiger charge is 2.35. The second-order valence-electron chi connectivity index (χ2n) is 9.24. The number of benzene rings is 3. The standard InChI is InChI=1S/C28H28F2N4O2/c1-19(28(36)34-18-26(35)31-24-4-2-3-5-25(24)34)32-14-16-33(17-15-32)27(20-6-10-22(29)11-7-20)21-8-12-23(30)13-9-21/h2-13,19,27H,14-18H2,1H3,(H,31,35). The monoisotopic (exact) mass is 490 g/mol. The van der Waals surface area contributed by atoms with E-state index in [1.165, 1.54) is 24.3 Å². The fraction of sp³-hybridized carbons (Fsp3) is 0.286. The van der Waals surface area contributed by atoms with Crippen molar-refractivity contribution in [3.05, 3.63) is 95.6 Å². The predicted molar refractivity (Wildman–Crippen MR) is 135 cm³/mol. The summed E-state index contributed by atoms with van der Waals surface area (Å²) in [5, 5.41) is 2.82. The van der Waals surface area contributed by atoms with E-state index in [9.17, 15) is 18.4 Å². The first-order valence-corrected chi connectivity index (χ1v) is 12.1. The molecule has 0 spiro atoms. The van der Waals surface area contributed by atoms with Crippen molar-refractivity contribution in [3.8, 4) is 0 Å². The van der Waals surface area contributed by atoms with Crippen molar-refractivity contribution in [1.82, 2.24) is 9.80 Å². The zero-order chi connectivity index (χ0) is 25.2. The van der Waals surface area contributed by atoms with Gasteiger partial charge < -0.3 is 5.32 Å². The summed E-state index contributed by atoms with van der Waals surface area (Å²) in [5.41, 5.74) is 3.20. The Balaban J connectivity index is 1.31. The quantitative estimate of drug-likeness (QED) is 0.587. The minimum absolute atomic E-state index is 0.00262. The highest BCUT2D eigenvalue weighted by Crippen LogP contribution is 2.32. The van der Waals surface area contributed by atoms with E-state index >= 15 is 0 Å². The molecule has 1 atom stereocenters. The minimum Gasteiger partial charge on any atom is -0.323 e. The van der Waals surface area contributed by atoms with Gasteiger partial charge >= 0.3 is 0 Å². The largest absolute Gasteiger partial charge is 0.323 e. The topological polar surface area (TPSA) is 55.9 Å². The number of nitrogens with one attached hydrogen (secondary N) is 1. The number of hydrogen-bond acceptors (Lipinski definition) is 4. The molecule has 5 rings (SSSR count). The van der Waals surface area contributed by atoms with Gasteiger partial charge in [-0.2, -0.15) is 0 Å². The van der Waals surface area contributed by atoms with Crippen LogP contribution in [0, 0.1) is 11.6 Å². The van der Waals surface area contributed by atoms with E-state index in [0.717, 1.165) is 11.1 Å². The Kier molecular flexibility index (Phi) is 6.80. The molecular weight excluding hydrogens is 462 g/mol. The van der Waals surface area contributed by atoms with E-state index in [-0.39, 0.29) is 36.0 Å². The summed E-state index contributed by atoms with van der Waals surface area (Å²) in [6, 6.07) is 19.6. The maximum Gasteiger partial charge on any atom is 0.244 e. The molecule has 1 fully saturated rings. The molecular formula is C28H28F2N4O2. The number of para-hydroxylation sites is 2. The fourth-order valence-electron chi connectivity index (χ4n) is 5.10. The highest BCUT2D eigenvalue weighted by molar-refractivity contribution is 6.11. The maximum absolute atomic E-state index is 13.6. The number of halogens is 2. The van der Waals surface area contributed by atoms with Crippen molar-refractivity contribution >= 4 is 23.2 Å². The van der Waals surface area contributed by atoms with E-state index in [1.54, 1.807) is 35.2 Å². The van der Waals surface area contributed by atoms with Gasteiger partial charge in [-0.15, -0.1) is 0 Å². The predicted octanol–water partition coefficient (Wildman–Crippen LogP) is 4.05. The Morgan fingerprint density at radius 3 is 1.92 bits per heavy atom. The summed E-state index contributed by atoms with van der Waals surface area (Å²) >= 11 is 0. The number of hydrogen-bond donors (Lipinski definition) is 1. The van der Waals surface area contributed by atoms with Crippen LogP contribution in [-0.4, -0.2) is 60.4 Å². The first-order chi connectivity index (χ1) is 17.4. The van der Waals surface area contributed by atoms with E-state index in [2.05, 4.69) is 15.1 Å². The van der Waals surface area contributed by atoms with Gasteiger partial charge in [0.1, 0.15) is 18.2 Å². The van der Waals surface area contributed by atoms with Crippen molar-refractivity contribution in [3.63, 3.8) is 0 Å². The van der Waals surface area contributed by atoms with E-state index in [1.807, 2.05) is 25.1 Å². The number of piperazine rings is 1. The number of fused-ring (bicyclic) bond motifs is 1. The first-order valence-electron chi connectivity index (χ1n) is 12.1. The number of carbonyl (C=O) groups is 2. The van der Waals surface area contributed by atoms with Gasteiger partial charge in [-0.1, -0.05) is 36.4 Å². The Labute approximate surface area is 209 Å². The third-order valence-corrected chi connectivity index (χ3v) is 7.03. The summed E-state index contributed by atoms with van der Waals surface area (Å²) in [6.45, 7) is 4.52. The molecule has 0 saturated carbocycles. The summed E-state index contributed by atoms with van der Waals surface area (Å²) in [4.78, 5) is 31.6. The molecule has 186 valence electrons. The summed E-state index contributed by atoms with van der Waals surface area (Å²) in [7, 11) is 0. The van der Waals surface area contributed by atoms with Crippen molar-refractivity contribution < 1.29 is 18.4 Å². The molecule has 2 aliphatic rings. The van der Waals surface area contributed by atoms with Crippen LogP contribution in [0.15, 0.2) is 72.8 Å². The fourth-order valence-corrected chi connectivity index (χ4v) is 5.10. The normalized spacial score (nSPS) is 17.6. The minimum atomic E-state index is -0.402. The molecule has 2 heterocycles. The lowest BCUT2D eigenvalue weighted by Gasteiger charge is -2.42. The Bertz CT molecular complexity index is 1200. The zero-order valence-electron chi connectivity index (χ0n) is 20.0. The number of rotatable bonds is 5. The molecule has 8 heteroatoms.